The molecule has 0 fully saturated rings. The summed E-state index contributed by atoms with van der Waals surface area (Å²) in [5.74, 6) is 0.220. The average molecular weight is 221 g/mol. The summed E-state index contributed by atoms with van der Waals surface area (Å²) in [4.78, 5) is 11.5. The maximum Gasteiger partial charge on any atom is 0.224 e. The van der Waals surface area contributed by atoms with Gasteiger partial charge in [0.1, 0.15) is 5.75 Å². The molecule has 0 aromatic heterocycles. The lowest BCUT2D eigenvalue weighted by Crippen LogP contribution is -2.25. The lowest BCUT2D eigenvalue weighted by atomic mass is 10.1. The van der Waals surface area contributed by atoms with Gasteiger partial charge in [-0.05, 0) is 24.1 Å². The molecule has 88 valence electrons. The highest BCUT2D eigenvalue weighted by molar-refractivity contribution is 5.78. The van der Waals surface area contributed by atoms with Gasteiger partial charge in [-0.1, -0.05) is 31.9 Å². The maximum atomic E-state index is 11.5. The zero-order chi connectivity index (χ0) is 11.8. The number of hydrogen-bond donors (Lipinski definition) is 2. The van der Waals surface area contributed by atoms with Gasteiger partial charge in [0.15, 0.2) is 0 Å². The Bertz CT molecular complexity index is 336. The van der Waals surface area contributed by atoms with E-state index in [1.807, 2.05) is 6.07 Å². The van der Waals surface area contributed by atoms with Crippen LogP contribution in [0, 0.1) is 0 Å². The monoisotopic (exact) mass is 221 g/mol. The van der Waals surface area contributed by atoms with Crippen LogP contribution in [-0.4, -0.2) is 17.6 Å². The Morgan fingerprint density at radius 3 is 2.88 bits per heavy atom. The van der Waals surface area contributed by atoms with Crippen molar-refractivity contribution in [3.05, 3.63) is 29.8 Å². The molecule has 0 aliphatic heterocycles. The van der Waals surface area contributed by atoms with Gasteiger partial charge in [0.2, 0.25) is 5.91 Å². The number of phenolic OH excluding ortho intramolecular Hbond substituents is 1. The number of carbonyl (C=O) groups is 1. The number of hydrogen-bond acceptors (Lipinski definition) is 2. The molecule has 1 aromatic rings. The summed E-state index contributed by atoms with van der Waals surface area (Å²) < 4.78 is 0. The van der Waals surface area contributed by atoms with Crippen LogP contribution in [0.4, 0.5) is 0 Å². The molecule has 2 N–H and O–H groups in total. The van der Waals surface area contributed by atoms with Gasteiger partial charge in [-0.15, -0.1) is 0 Å². The van der Waals surface area contributed by atoms with Crippen LogP contribution in [0.2, 0.25) is 0 Å². The van der Waals surface area contributed by atoms with Crippen molar-refractivity contribution < 1.29 is 9.90 Å². The van der Waals surface area contributed by atoms with Gasteiger partial charge in [0.25, 0.3) is 0 Å². The van der Waals surface area contributed by atoms with Gasteiger partial charge >= 0.3 is 0 Å². The predicted octanol–water partition coefficient (Wildman–Crippen LogP) is 2.24. The standard InChI is InChI=1S/C13H19NO2/c1-2-3-4-8-14-13(16)10-11-6-5-7-12(15)9-11/h5-7,9,15H,2-4,8,10H2,1H3,(H,14,16). The first-order valence-corrected chi connectivity index (χ1v) is 5.77. The maximum absolute atomic E-state index is 11.5. The number of rotatable bonds is 6. The van der Waals surface area contributed by atoms with Crippen molar-refractivity contribution in [3.63, 3.8) is 0 Å². The number of aromatic hydroxyl groups is 1. The summed E-state index contributed by atoms with van der Waals surface area (Å²) >= 11 is 0. The van der Waals surface area contributed by atoms with Crippen molar-refractivity contribution in [2.75, 3.05) is 6.54 Å². The molecule has 1 rings (SSSR count). The average Bonchev–Trinajstić information content (AvgIpc) is 2.24. The number of benzene rings is 1. The summed E-state index contributed by atoms with van der Waals surface area (Å²) in [6.07, 6.45) is 3.66. The molecule has 0 bridgehead atoms. The van der Waals surface area contributed by atoms with E-state index in [2.05, 4.69) is 12.2 Å². The number of unbranched alkanes of at least 4 members (excludes halogenated alkanes) is 2. The van der Waals surface area contributed by atoms with Crippen LogP contribution in [-0.2, 0) is 11.2 Å². The van der Waals surface area contributed by atoms with Gasteiger partial charge in [-0.3, -0.25) is 4.79 Å². The minimum absolute atomic E-state index is 0.0155. The number of nitrogens with one attached hydrogen (secondary N) is 1. The van der Waals surface area contributed by atoms with E-state index in [1.165, 1.54) is 0 Å². The minimum Gasteiger partial charge on any atom is -0.508 e. The Balaban J connectivity index is 2.29. The fourth-order valence-corrected chi connectivity index (χ4v) is 1.52. The molecule has 0 aliphatic rings. The number of amides is 1. The van der Waals surface area contributed by atoms with E-state index in [0.29, 0.717) is 6.42 Å². The molecule has 0 unspecified atom stereocenters. The van der Waals surface area contributed by atoms with Gasteiger partial charge < -0.3 is 10.4 Å². The Hall–Kier alpha value is -1.51. The molecule has 0 heterocycles. The lowest BCUT2D eigenvalue weighted by Gasteiger charge is -2.05. The summed E-state index contributed by atoms with van der Waals surface area (Å²) in [7, 11) is 0. The molecule has 1 amide bonds. The topological polar surface area (TPSA) is 49.3 Å². The molecule has 0 radical (unpaired) electrons. The van der Waals surface area contributed by atoms with E-state index in [1.54, 1.807) is 18.2 Å². The third kappa shape index (κ3) is 4.82. The minimum atomic E-state index is 0.0155. The summed E-state index contributed by atoms with van der Waals surface area (Å²) in [5.41, 5.74) is 0.841. The zero-order valence-corrected chi connectivity index (χ0v) is 9.70. The van der Waals surface area contributed by atoms with Crippen molar-refractivity contribution >= 4 is 5.91 Å². The van der Waals surface area contributed by atoms with E-state index in [-0.39, 0.29) is 11.7 Å². The van der Waals surface area contributed by atoms with E-state index in [0.717, 1.165) is 31.4 Å². The van der Waals surface area contributed by atoms with Gasteiger partial charge in [-0.2, -0.15) is 0 Å². The first-order chi connectivity index (χ1) is 7.72. The smallest absolute Gasteiger partial charge is 0.224 e. The van der Waals surface area contributed by atoms with E-state index < -0.39 is 0 Å². The van der Waals surface area contributed by atoms with Crippen LogP contribution in [0.1, 0.15) is 31.7 Å². The van der Waals surface area contributed by atoms with Crippen LogP contribution < -0.4 is 5.32 Å². The first-order valence-electron chi connectivity index (χ1n) is 5.77. The Labute approximate surface area is 96.5 Å². The molecule has 3 heteroatoms. The van der Waals surface area contributed by atoms with E-state index in [9.17, 15) is 9.90 Å². The highest BCUT2D eigenvalue weighted by atomic mass is 16.3. The zero-order valence-electron chi connectivity index (χ0n) is 9.70. The summed E-state index contributed by atoms with van der Waals surface area (Å²) in [6.45, 7) is 2.88. The lowest BCUT2D eigenvalue weighted by molar-refractivity contribution is -0.120. The molecule has 16 heavy (non-hydrogen) atoms. The Morgan fingerprint density at radius 1 is 1.38 bits per heavy atom. The molecule has 0 saturated carbocycles. The van der Waals surface area contributed by atoms with E-state index in [4.69, 9.17) is 0 Å². The van der Waals surface area contributed by atoms with Crippen LogP contribution in [0.15, 0.2) is 24.3 Å². The molecule has 0 aliphatic carbocycles. The molecule has 3 nitrogen and oxygen atoms in total. The van der Waals surface area contributed by atoms with Gasteiger partial charge in [0.05, 0.1) is 6.42 Å². The third-order valence-electron chi connectivity index (χ3n) is 2.38. The van der Waals surface area contributed by atoms with Gasteiger partial charge in [-0.25, -0.2) is 0 Å². The quantitative estimate of drug-likeness (QED) is 0.724. The second-order valence-electron chi connectivity index (χ2n) is 3.90. The second-order valence-corrected chi connectivity index (χ2v) is 3.90. The van der Waals surface area contributed by atoms with Crippen molar-refractivity contribution in [2.45, 2.75) is 32.6 Å². The highest BCUT2D eigenvalue weighted by Crippen LogP contribution is 2.11. The normalized spacial score (nSPS) is 10.1. The summed E-state index contributed by atoms with van der Waals surface area (Å²) in [6, 6.07) is 6.80. The second kappa shape index (κ2) is 6.88. The van der Waals surface area contributed by atoms with Crippen molar-refractivity contribution in [3.8, 4) is 5.75 Å². The predicted molar refractivity (Wildman–Crippen MR) is 64.3 cm³/mol. The molecule has 1 aromatic carbocycles. The molecular formula is C13H19NO2. The van der Waals surface area contributed by atoms with Crippen LogP contribution >= 0.6 is 0 Å². The third-order valence-corrected chi connectivity index (χ3v) is 2.38. The van der Waals surface area contributed by atoms with Crippen LogP contribution in [0.3, 0.4) is 0 Å². The van der Waals surface area contributed by atoms with Crippen molar-refractivity contribution in [1.29, 1.82) is 0 Å². The fourth-order valence-electron chi connectivity index (χ4n) is 1.52. The van der Waals surface area contributed by atoms with Crippen molar-refractivity contribution in [1.82, 2.24) is 5.32 Å². The SMILES string of the molecule is CCCCCNC(=O)Cc1cccc(O)c1. The van der Waals surface area contributed by atoms with E-state index >= 15 is 0 Å². The largest absolute Gasteiger partial charge is 0.508 e. The van der Waals surface area contributed by atoms with Crippen LogP contribution in [0.5, 0.6) is 5.75 Å². The highest BCUT2D eigenvalue weighted by Gasteiger charge is 2.02. The van der Waals surface area contributed by atoms with Crippen molar-refractivity contribution in [2.24, 2.45) is 0 Å². The fraction of sp³-hybridized carbons (Fsp3) is 0.462. The number of phenols is 1. The molecule has 0 atom stereocenters. The first kappa shape index (κ1) is 12.6. The summed E-state index contributed by atoms with van der Waals surface area (Å²) in [5, 5.41) is 12.1. The molecule has 0 spiro atoms. The molecular weight excluding hydrogens is 202 g/mol. The Kier molecular flexibility index (Phi) is 5.40. The van der Waals surface area contributed by atoms with Crippen LogP contribution in [0.25, 0.3) is 0 Å². The van der Waals surface area contributed by atoms with Gasteiger partial charge in [0, 0.05) is 6.54 Å². The molecule has 0 saturated heterocycles. The number of carbonyl (C=O) groups excluding carboxylic acids is 1. The Morgan fingerprint density at radius 2 is 2.19 bits per heavy atom.